The molecule has 0 spiro atoms. The Morgan fingerprint density at radius 3 is 1.86 bits per heavy atom. The zero-order valence-electron chi connectivity index (χ0n) is 17.2. The Bertz CT molecular complexity index is 965. The van der Waals surface area contributed by atoms with Crippen LogP contribution in [0.4, 0.5) is 11.4 Å². The number of hydrogen-bond acceptors (Lipinski definition) is 4. The first-order chi connectivity index (χ1) is 14.2. The number of para-hydroxylation sites is 1. The summed E-state index contributed by atoms with van der Waals surface area (Å²) in [6.07, 6.45) is 3.44. The molecule has 0 amide bonds. The van der Waals surface area contributed by atoms with Gasteiger partial charge >= 0.3 is 5.69 Å². The van der Waals surface area contributed by atoms with E-state index in [4.69, 9.17) is 0 Å². The van der Waals surface area contributed by atoms with Gasteiger partial charge in [-0.05, 0) is 49.2 Å². The standard InChI is InChI=1S/C23H29N5O/c1-3-19(4-2)28-23(29)27(18-24-28)22-12-10-21(11-13-22)26-16-14-25(15-17-26)20-8-6-5-7-9-20/h5-13,18-19H,3-4,14-17H2,1-2H3. The Kier molecular flexibility index (Phi) is 5.69. The number of benzene rings is 2. The van der Waals surface area contributed by atoms with Gasteiger partial charge in [-0.1, -0.05) is 32.0 Å². The fraction of sp³-hybridized carbons (Fsp3) is 0.391. The van der Waals surface area contributed by atoms with Crippen molar-refractivity contribution in [3.63, 3.8) is 0 Å². The van der Waals surface area contributed by atoms with Gasteiger partial charge in [-0.25, -0.2) is 14.0 Å². The van der Waals surface area contributed by atoms with Crippen LogP contribution in [0.3, 0.4) is 0 Å². The maximum absolute atomic E-state index is 12.7. The van der Waals surface area contributed by atoms with Crippen molar-refractivity contribution in [2.45, 2.75) is 32.7 Å². The lowest BCUT2D eigenvalue weighted by molar-refractivity contribution is 0.414. The van der Waals surface area contributed by atoms with Crippen molar-refractivity contribution < 1.29 is 0 Å². The Morgan fingerprint density at radius 1 is 0.793 bits per heavy atom. The molecular formula is C23H29N5O. The van der Waals surface area contributed by atoms with Gasteiger partial charge < -0.3 is 9.80 Å². The first kappa shape index (κ1) is 19.3. The van der Waals surface area contributed by atoms with Gasteiger partial charge in [-0.3, -0.25) is 0 Å². The summed E-state index contributed by atoms with van der Waals surface area (Å²) in [5.41, 5.74) is 3.28. The Balaban J connectivity index is 1.45. The minimum Gasteiger partial charge on any atom is -0.368 e. The van der Waals surface area contributed by atoms with Crippen molar-refractivity contribution in [2.24, 2.45) is 0 Å². The molecule has 6 heteroatoms. The van der Waals surface area contributed by atoms with Gasteiger partial charge in [0.25, 0.3) is 0 Å². The van der Waals surface area contributed by atoms with Crippen LogP contribution in [0.15, 0.2) is 65.7 Å². The minimum atomic E-state index is -0.0667. The van der Waals surface area contributed by atoms with Crippen LogP contribution >= 0.6 is 0 Å². The smallest absolute Gasteiger partial charge is 0.350 e. The third-order valence-electron chi connectivity index (χ3n) is 5.88. The lowest BCUT2D eigenvalue weighted by Gasteiger charge is -2.37. The zero-order valence-corrected chi connectivity index (χ0v) is 17.2. The van der Waals surface area contributed by atoms with Crippen LogP contribution in [0, 0.1) is 0 Å². The fourth-order valence-electron chi connectivity index (χ4n) is 4.06. The molecule has 29 heavy (non-hydrogen) atoms. The van der Waals surface area contributed by atoms with Gasteiger partial charge in [0.2, 0.25) is 0 Å². The lowest BCUT2D eigenvalue weighted by atomic mass is 10.2. The predicted octanol–water partition coefficient (Wildman–Crippen LogP) is 3.72. The molecule has 0 bridgehead atoms. The molecule has 0 N–H and O–H groups in total. The van der Waals surface area contributed by atoms with E-state index in [9.17, 15) is 4.79 Å². The van der Waals surface area contributed by atoms with Crippen molar-refractivity contribution >= 4 is 11.4 Å². The van der Waals surface area contributed by atoms with Gasteiger partial charge in [0.1, 0.15) is 6.33 Å². The molecule has 3 aromatic rings. The number of nitrogens with zero attached hydrogens (tertiary/aromatic N) is 5. The minimum absolute atomic E-state index is 0.0667. The molecule has 6 nitrogen and oxygen atoms in total. The first-order valence-corrected chi connectivity index (χ1v) is 10.5. The van der Waals surface area contributed by atoms with Crippen LogP contribution in [0.5, 0.6) is 0 Å². The largest absolute Gasteiger partial charge is 0.368 e. The van der Waals surface area contributed by atoms with E-state index in [0.29, 0.717) is 0 Å². The molecular weight excluding hydrogens is 362 g/mol. The monoisotopic (exact) mass is 391 g/mol. The van der Waals surface area contributed by atoms with Crippen LogP contribution in [0.2, 0.25) is 0 Å². The molecule has 0 unspecified atom stereocenters. The molecule has 1 aliphatic heterocycles. The second-order valence-electron chi connectivity index (χ2n) is 7.52. The SMILES string of the molecule is CCC(CC)n1ncn(-c2ccc(N3CCN(c4ccccc4)CC3)cc2)c1=O. The number of rotatable bonds is 6. The van der Waals surface area contributed by atoms with E-state index in [1.54, 1.807) is 15.6 Å². The molecule has 0 radical (unpaired) electrons. The zero-order chi connectivity index (χ0) is 20.2. The van der Waals surface area contributed by atoms with Crippen molar-refractivity contribution in [1.29, 1.82) is 0 Å². The van der Waals surface area contributed by atoms with Gasteiger partial charge in [0, 0.05) is 37.6 Å². The number of hydrogen-bond donors (Lipinski definition) is 0. The molecule has 1 saturated heterocycles. The average Bonchev–Trinajstić information content (AvgIpc) is 3.17. The van der Waals surface area contributed by atoms with Crippen LogP contribution in [0.1, 0.15) is 32.7 Å². The van der Waals surface area contributed by atoms with E-state index < -0.39 is 0 Å². The van der Waals surface area contributed by atoms with Crippen LogP contribution in [0.25, 0.3) is 5.69 Å². The van der Waals surface area contributed by atoms with E-state index in [2.05, 4.69) is 71.2 Å². The van der Waals surface area contributed by atoms with Crippen LogP contribution in [-0.2, 0) is 0 Å². The van der Waals surface area contributed by atoms with E-state index in [1.165, 1.54) is 11.4 Å². The topological polar surface area (TPSA) is 46.3 Å². The molecule has 0 aliphatic carbocycles. The Labute approximate surface area is 172 Å². The maximum Gasteiger partial charge on any atom is 0.350 e. The highest BCUT2D eigenvalue weighted by atomic mass is 16.2. The summed E-state index contributed by atoms with van der Waals surface area (Å²) in [5.74, 6) is 0. The third kappa shape index (κ3) is 3.92. The summed E-state index contributed by atoms with van der Waals surface area (Å²) in [6, 6.07) is 19.0. The van der Waals surface area contributed by atoms with Crippen molar-refractivity contribution in [2.75, 3.05) is 36.0 Å². The van der Waals surface area contributed by atoms with E-state index >= 15 is 0 Å². The fourth-order valence-corrected chi connectivity index (χ4v) is 4.06. The summed E-state index contributed by atoms with van der Waals surface area (Å²) in [4.78, 5) is 17.6. The van der Waals surface area contributed by atoms with E-state index in [-0.39, 0.29) is 11.7 Å². The first-order valence-electron chi connectivity index (χ1n) is 10.5. The molecule has 152 valence electrons. The molecule has 1 fully saturated rings. The predicted molar refractivity (Wildman–Crippen MR) is 118 cm³/mol. The number of piperazine rings is 1. The Hall–Kier alpha value is -3.02. The van der Waals surface area contributed by atoms with Crippen LogP contribution in [-0.4, -0.2) is 40.5 Å². The van der Waals surface area contributed by atoms with Crippen molar-refractivity contribution in [1.82, 2.24) is 14.3 Å². The number of anilines is 2. The average molecular weight is 392 g/mol. The van der Waals surface area contributed by atoms with E-state index in [0.717, 1.165) is 44.7 Å². The molecule has 1 aliphatic rings. The Morgan fingerprint density at radius 2 is 1.31 bits per heavy atom. The summed E-state index contributed by atoms with van der Waals surface area (Å²) in [5, 5.41) is 4.33. The van der Waals surface area contributed by atoms with Gasteiger partial charge in [0.15, 0.2) is 0 Å². The molecule has 0 saturated carbocycles. The van der Waals surface area contributed by atoms with Gasteiger partial charge in [-0.15, -0.1) is 0 Å². The molecule has 1 aromatic heterocycles. The molecule has 0 atom stereocenters. The quantitative estimate of drug-likeness (QED) is 0.642. The normalized spacial score (nSPS) is 14.6. The summed E-state index contributed by atoms with van der Waals surface area (Å²) < 4.78 is 3.24. The summed E-state index contributed by atoms with van der Waals surface area (Å²) in [7, 11) is 0. The highest BCUT2D eigenvalue weighted by Gasteiger charge is 2.18. The summed E-state index contributed by atoms with van der Waals surface area (Å²) in [6.45, 7) is 8.17. The lowest BCUT2D eigenvalue weighted by Crippen LogP contribution is -2.46. The van der Waals surface area contributed by atoms with Crippen molar-refractivity contribution in [3.8, 4) is 5.69 Å². The molecule has 2 aromatic carbocycles. The van der Waals surface area contributed by atoms with Gasteiger partial charge in [0.05, 0.1) is 11.7 Å². The highest BCUT2D eigenvalue weighted by Crippen LogP contribution is 2.21. The van der Waals surface area contributed by atoms with Crippen molar-refractivity contribution in [3.05, 3.63) is 71.4 Å². The molecule has 2 heterocycles. The highest BCUT2D eigenvalue weighted by molar-refractivity contribution is 5.54. The second-order valence-corrected chi connectivity index (χ2v) is 7.52. The number of aromatic nitrogens is 3. The molecule has 4 rings (SSSR count). The maximum atomic E-state index is 12.7. The van der Waals surface area contributed by atoms with Gasteiger partial charge in [-0.2, -0.15) is 5.10 Å². The second kappa shape index (κ2) is 8.55. The van der Waals surface area contributed by atoms with Crippen LogP contribution < -0.4 is 15.5 Å². The van der Waals surface area contributed by atoms with E-state index in [1.807, 2.05) is 12.1 Å². The third-order valence-corrected chi connectivity index (χ3v) is 5.88. The summed E-state index contributed by atoms with van der Waals surface area (Å²) >= 11 is 0.